The Hall–Kier alpha value is -3.02. The van der Waals surface area contributed by atoms with Crippen LogP contribution in [0.2, 0.25) is 0 Å². The van der Waals surface area contributed by atoms with Crippen LogP contribution in [0.5, 0.6) is 0 Å². The largest absolute Gasteiger partial charge is 0.345 e. The van der Waals surface area contributed by atoms with Crippen molar-refractivity contribution in [1.82, 2.24) is 14.9 Å². The summed E-state index contributed by atoms with van der Waals surface area (Å²) in [6.45, 7) is 5.87. The van der Waals surface area contributed by atoms with Gasteiger partial charge in [0.2, 0.25) is 0 Å². The molecule has 0 unspecified atom stereocenters. The lowest BCUT2D eigenvalue weighted by molar-refractivity contribution is -0.118. The second-order valence-corrected chi connectivity index (χ2v) is 7.20. The number of halogens is 1. The van der Waals surface area contributed by atoms with Crippen molar-refractivity contribution in [2.75, 3.05) is 0 Å². The van der Waals surface area contributed by atoms with Crippen molar-refractivity contribution in [3.05, 3.63) is 65.7 Å². The number of hydrogen-bond donors (Lipinski definition) is 1. The summed E-state index contributed by atoms with van der Waals surface area (Å²) in [5, 5.41) is 3.30. The average Bonchev–Trinajstić information content (AvgIpc) is 2.93. The van der Waals surface area contributed by atoms with Crippen LogP contribution in [-0.2, 0) is 11.3 Å². The van der Waals surface area contributed by atoms with Gasteiger partial charge < -0.3 is 9.88 Å². The number of Topliss-reactive ketones (excluding diaryl/α,β-unsaturated/α-hetero) is 1. The molecule has 0 saturated carbocycles. The highest BCUT2D eigenvalue weighted by molar-refractivity contribution is 6.45. The maximum Gasteiger partial charge on any atom is 0.292 e. The van der Waals surface area contributed by atoms with E-state index in [1.54, 1.807) is 41.2 Å². The molecule has 3 rings (SSSR count). The molecule has 3 aromatic rings. The van der Waals surface area contributed by atoms with Crippen molar-refractivity contribution in [3.8, 4) is 0 Å². The number of fused-ring (bicyclic) bond motifs is 1. The summed E-state index contributed by atoms with van der Waals surface area (Å²) in [4.78, 5) is 29.3. The molecule has 5 nitrogen and oxygen atoms in total. The topological polar surface area (TPSA) is 64.0 Å². The third kappa shape index (κ3) is 3.79. The average molecular weight is 353 g/mol. The molecule has 134 valence electrons. The van der Waals surface area contributed by atoms with Gasteiger partial charge in [0.15, 0.2) is 0 Å². The van der Waals surface area contributed by atoms with E-state index in [2.05, 4.69) is 10.3 Å². The predicted octanol–water partition coefficient (Wildman–Crippen LogP) is 3.32. The number of benzene rings is 1. The van der Waals surface area contributed by atoms with Crippen molar-refractivity contribution in [2.24, 2.45) is 0 Å². The summed E-state index contributed by atoms with van der Waals surface area (Å²) in [6.07, 6.45) is 3.26. The van der Waals surface area contributed by atoms with Gasteiger partial charge in [0, 0.05) is 29.9 Å². The molecule has 0 atom stereocenters. The first-order chi connectivity index (χ1) is 12.2. The van der Waals surface area contributed by atoms with Gasteiger partial charge >= 0.3 is 0 Å². The molecule has 1 N–H and O–H groups in total. The van der Waals surface area contributed by atoms with E-state index in [9.17, 15) is 14.0 Å². The van der Waals surface area contributed by atoms with Gasteiger partial charge in [0.25, 0.3) is 11.7 Å². The molecule has 0 spiro atoms. The van der Waals surface area contributed by atoms with Crippen LogP contribution < -0.4 is 5.32 Å². The first-order valence-electron chi connectivity index (χ1n) is 8.30. The summed E-state index contributed by atoms with van der Waals surface area (Å²) < 4.78 is 14.9. The van der Waals surface area contributed by atoms with E-state index in [0.717, 1.165) is 5.56 Å². The molecule has 2 aromatic heterocycles. The minimum absolute atomic E-state index is 0.303. The molecule has 6 heteroatoms. The van der Waals surface area contributed by atoms with Gasteiger partial charge in [0.05, 0.1) is 5.56 Å². The Morgan fingerprint density at radius 1 is 1.15 bits per heavy atom. The fourth-order valence-electron chi connectivity index (χ4n) is 2.73. The molecular weight excluding hydrogens is 333 g/mol. The van der Waals surface area contributed by atoms with Crippen molar-refractivity contribution >= 4 is 22.7 Å². The fourth-order valence-corrected chi connectivity index (χ4v) is 2.73. The minimum Gasteiger partial charge on any atom is -0.345 e. The Bertz CT molecular complexity index is 969. The zero-order valence-electron chi connectivity index (χ0n) is 14.9. The van der Waals surface area contributed by atoms with Crippen LogP contribution in [0.4, 0.5) is 4.39 Å². The SMILES string of the molecule is CC(C)(C)NC(=O)C(=O)c1cn(Cc2ccc(F)cc2)c2ncccc12. The van der Waals surface area contributed by atoms with Crippen molar-refractivity contribution < 1.29 is 14.0 Å². The molecule has 0 bridgehead atoms. The normalized spacial score (nSPS) is 11.5. The maximum absolute atomic E-state index is 13.1. The lowest BCUT2D eigenvalue weighted by Gasteiger charge is -2.19. The molecule has 0 aliphatic heterocycles. The number of amides is 1. The van der Waals surface area contributed by atoms with E-state index in [0.29, 0.717) is 23.1 Å². The van der Waals surface area contributed by atoms with E-state index in [1.165, 1.54) is 12.1 Å². The van der Waals surface area contributed by atoms with Crippen molar-refractivity contribution in [2.45, 2.75) is 32.9 Å². The van der Waals surface area contributed by atoms with E-state index in [-0.39, 0.29) is 5.82 Å². The number of carbonyl (C=O) groups is 2. The van der Waals surface area contributed by atoms with Gasteiger partial charge in [-0.3, -0.25) is 9.59 Å². The quantitative estimate of drug-likeness (QED) is 0.578. The van der Waals surface area contributed by atoms with Crippen molar-refractivity contribution in [1.29, 1.82) is 0 Å². The van der Waals surface area contributed by atoms with Crippen LogP contribution >= 0.6 is 0 Å². The van der Waals surface area contributed by atoms with E-state index >= 15 is 0 Å². The third-order valence-electron chi connectivity index (χ3n) is 3.84. The number of nitrogens with one attached hydrogen (secondary N) is 1. The van der Waals surface area contributed by atoms with Gasteiger partial charge in [-0.05, 0) is 50.6 Å². The zero-order chi connectivity index (χ0) is 18.9. The number of ketones is 1. The van der Waals surface area contributed by atoms with E-state index in [4.69, 9.17) is 0 Å². The first-order valence-corrected chi connectivity index (χ1v) is 8.30. The highest BCUT2D eigenvalue weighted by Crippen LogP contribution is 2.21. The Balaban J connectivity index is 1.98. The molecule has 1 aromatic carbocycles. The van der Waals surface area contributed by atoms with Gasteiger partial charge in [-0.1, -0.05) is 12.1 Å². The Kier molecular flexibility index (Phi) is 4.59. The maximum atomic E-state index is 13.1. The van der Waals surface area contributed by atoms with Gasteiger partial charge in [0.1, 0.15) is 11.5 Å². The van der Waals surface area contributed by atoms with Crippen LogP contribution in [0, 0.1) is 5.82 Å². The third-order valence-corrected chi connectivity index (χ3v) is 3.84. The van der Waals surface area contributed by atoms with E-state index in [1.807, 2.05) is 20.8 Å². The number of nitrogens with zero attached hydrogens (tertiary/aromatic N) is 2. The smallest absolute Gasteiger partial charge is 0.292 e. The lowest BCUT2D eigenvalue weighted by atomic mass is 10.1. The summed E-state index contributed by atoms with van der Waals surface area (Å²) in [7, 11) is 0. The summed E-state index contributed by atoms with van der Waals surface area (Å²) in [6, 6.07) is 9.62. The van der Waals surface area contributed by atoms with Crippen molar-refractivity contribution in [3.63, 3.8) is 0 Å². The van der Waals surface area contributed by atoms with Crippen LogP contribution in [0.3, 0.4) is 0 Å². The second-order valence-electron chi connectivity index (χ2n) is 7.20. The summed E-state index contributed by atoms with van der Waals surface area (Å²) >= 11 is 0. The summed E-state index contributed by atoms with van der Waals surface area (Å²) in [5.41, 5.74) is 1.27. The minimum atomic E-state index is -0.651. The standard InChI is InChI=1S/C20H20FN3O2/c1-20(2,3)23-19(26)17(25)16-12-24(18-15(16)5-4-10-22-18)11-13-6-8-14(21)9-7-13/h4-10,12H,11H2,1-3H3,(H,23,26). The molecule has 0 saturated heterocycles. The molecule has 26 heavy (non-hydrogen) atoms. The molecular formula is C20H20FN3O2. The molecule has 2 heterocycles. The Morgan fingerprint density at radius 3 is 2.50 bits per heavy atom. The number of pyridine rings is 1. The van der Waals surface area contributed by atoms with Crippen LogP contribution in [0.15, 0.2) is 48.8 Å². The monoisotopic (exact) mass is 353 g/mol. The molecule has 1 amide bonds. The molecule has 0 fully saturated rings. The molecule has 0 radical (unpaired) electrons. The highest BCUT2D eigenvalue weighted by Gasteiger charge is 2.25. The second kappa shape index (κ2) is 6.71. The van der Waals surface area contributed by atoms with Gasteiger partial charge in [-0.15, -0.1) is 0 Å². The number of rotatable bonds is 4. The zero-order valence-corrected chi connectivity index (χ0v) is 14.9. The van der Waals surface area contributed by atoms with Crippen LogP contribution in [0.25, 0.3) is 11.0 Å². The number of carbonyl (C=O) groups excluding carboxylic acids is 2. The molecule has 0 aliphatic carbocycles. The Morgan fingerprint density at radius 2 is 1.85 bits per heavy atom. The number of hydrogen-bond acceptors (Lipinski definition) is 3. The van der Waals surface area contributed by atoms with Crippen LogP contribution in [0.1, 0.15) is 36.7 Å². The molecule has 0 aliphatic rings. The summed E-state index contributed by atoms with van der Waals surface area (Å²) in [5.74, 6) is -1.56. The fraction of sp³-hybridized carbons (Fsp3) is 0.250. The predicted molar refractivity (Wildman–Crippen MR) is 97.5 cm³/mol. The highest BCUT2D eigenvalue weighted by atomic mass is 19.1. The van der Waals surface area contributed by atoms with E-state index < -0.39 is 17.2 Å². The van der Waals surface area contributed by atoms with Gasteiger partial charge in [-0.2, -0.15) is 0 Å². The van der Waals surface area contributed by atoms with Crippen LogP contribution in [-0.4, -0.2) is 26.8 Å². The lowest BCUT2D eigenvalue weighted by Crippen LogP contribution is -2.44. The first kappa shape index (κ1) is 17.8. The Labute approximate surface area is 150 Å². The van der Waals surface area contributed by atoms with Gasteiger partial charge in [-0.25, -0.2) is 9.37 Å². The number of aromatic nitrogens is 2.